The Morgan fingerprint density at radius 3 is 2.54 bits per heavy atom. The Hall–Kier alpha value is -2.75. The fraction of sp³-hybridized carbons (Fsp3) is 0.250. The summed E-state index contributed by atoms with van der Waals surface area (Å²) in [6.07, 6.45) is 2.40. The van der Waals surface area contributed by atoms with Crippen molar-refractivity contribution in [3.63, 3.8) is 0 Å². The Balaban J connectivity index is 1.37. The molecule has 0 aliphatic carbocycles. The molecule has 2 heterocycles. The van der Waals surface area contributed by atoms with E-state index in [2.05, 4.69) is 46.3 Å². The lowest BCUT2D eigenvalue weighted by Crippen LogP contribution is -2.49. The molecule has 1 fully saturated rings. The van der Waals surface area contributed by atoms with Crippen molar-refractivity contribution in [2.75, 3.05) is 31.1 Å². The summed E-state index contributed by atoms with van der Waals surface area (Å²) < 4.78 is 0. The van der Waals surface area contributed by atoms with Gasteiger partial charge in [0.2, 0.25) is 5.91 Å². The van der Waals surface area contributed by atoms with E-state index in [0.29, 0.717) is 6.42 Å². The van der Waals surface area contributed by atoms with Crippen LogP contribution in [0.3, 0.4) is 0 Å². The van der Waals surface area contributed by atoms with Crippen LogP contribution in [0.1, 0.15) is 5.56 Å². The highest BCUT2D eigenvalue weighted by molar-refractivity contribution is 5.83. The van der Waals surface area contributed by atoms with Gasteiger partial charge in [0.1, 0.15) is 0 Å². The van der Waals surface area contributed by atoms with E-state index >= 15 is 0 Å². The van der Waals surface area contributed by atoms with E-state index in [9.17, 15) is 4.79 Å². The number of nitrogens with zero attached hydrogens (tertiary/aromatic N) is 2. The first kappa shape index (κ1) is 14.8. The number of anilines is 1. The predicted molar refractivity (Wildman–Crippen MR) is 97.2 cm³/mol. The van der Waals surface area contributed by atoms with Gasteiger partial charge in [0.25, 0.3) is 0 Å². The third-order valence-corrected chi connectivity index (χ3v) is 4.73. The van der Waals surface area contributed by atoms with Gasteiger partial charge in [-0.25, -0.2) is 0 Å². The number of piperazine rings is 1. The van der Waals surface area contributed by atoms with Crippen molar-refractivity contribution in [3.8, 4) is 0 Å². The highest BCUT2D eigenvalue weighted by atomic mass is 16.2. The number of carbonyl (C=O) groups excluding carboxylic acids is 1. The van der Waals surface area contributed by atoms with Crippen molar-refractivity contribution < 1.29 is 4.79 Å². The van der Waals surface area contributed by atoms with Crippen molar-refractivity contribution in [2.45, 2.75) is 6.42 Å². The second-order valence-electron chi connectivity index (χ2n) is 6.28. The van der Waals surface area contributed by atoms with Gasteiger partial charge in [-0.1, -0.05) is 30.3 Å². The molecule has 0 spiro atoms. The van der Waals surface area contributed by atoms with Crippen LogP contribution in [0, 0.1) is 0 Å². The molecular formula is C20H21N3O. The zero-order valence-electron chi connectivity index (χ0n) is 13.6. The van der Waals surface area contributed by atoms with Crippen molar-refractivity contribution in [2.24, 2.45) is 0 Å². The number of carbonyl (C=O) groups is 1. The quantitative estimate of drug-likeness (QED) is 0.806. The van der Waals surface area contributed by atoms with E-state index in [0.717, 1.165) is 37.3 Å². The van der Waals surface area contributed by atoms with Crippen molar-refractivity contribution >= 4 is 22.5 Å². The number of para-hydroxylation sites is 1. The molecule has 2 aromatic carbocycles. The Kier molecular flexibility index (Phi) is 3.95. The van der Waals surface area contributed by atoms with Gasteiger partial charge < -0.3 is 14.8 Å². The van der Waals surface area contributed by atoms with Crippen LogP contribution in [0.4, 0.5) is 5.69 Å². The van der Waals surface area contributed by atoms with Gasteiger partial charge in [-0.15, -0.1) is 0 Å². The molecule has 0 radical (unpaired) electrons. The lowest BCUT2D eigenvalue weighted by molar-refractivity contribution is -0.130. The van der Waals surface area contributed by atoms with Gasteiger partial charge in [-0.3, -0.25) is 4.79 Å². The third kappa shape index (κ3) is 3.00. The number of hydrogen-bond acceptors (Lipinski definition) is 2. The Morgan fingerprint density at radius 1 is 0.958 bits per heavy atom. The van der Waals surface area contributed by atoms with Crippen molar-refractivity contribution in [1.29, 1.82) is 0 Å². The molecule has 3 aromatic rings. The van der Waals surface area contributed by atoms with Crippen LogP contribution in [0.2, 0.25) is 0 Å². The molecule has 0 saturated carbocycles. The first-order valence-electron chi connectivity index (χ1n) is 8.43. The molecule has 4 nitrogen and oxygen atoms in total. The number of aromatic amines is 1. The average molecular weight is 319 g/mol. The summed E-state index contributed by atoms with van der Waals surface area (Å²) in [6.45, 7) is 3.37. The van der Waals surface area contributed by atoms with Crippen LogP contribution >= 0.6 is 0 Å². The lowest BCUT2D eigenvalue weighted by Gasteiger charge is -2.36. The molecule has 1 aromatic heterocycles. The number of rotatable bonds is 3. The molecule has 4 rings (SSSR count). The Labute approximate surface area is 141 Å². The highest BCUT2D eigenvalue weighted by Crippen LogP contribution is 2.18. The maximum Gasteiger partial charge on any atom is 0.227 e. The van der Waals surface area contributed by atoms with Crippen LogP contribution < -0.4 is 4.90 Å². The fourth-order valence-electron chi connectivity index (χ4n) is 3.34. The average Bonchev–Trinajstić information content (AvgIpc) is 3.10. The molecule has 1 amide bonds. The summed E-state index contributed by atoms with van der Waals surface area (Å²) in [6, 6.07) is 18.6. The monoisotopic (exact) mass is 319 g/mol. The van der Waals surface area contributed by atoms with E-state index in [1.807, 2.05) is 29.3 Å². The number of nitrogens with one attached hydrogen (secondary N) is 1. The first-order chi connectivity index (χ1) is 11.8. The summed E-state index contributed by atoms with van der Waals surface area (Å²) in [7, 11) is 0. The normalized spacial score (nSPS) is 15.0. The van der Waals surface area contributed by atoms with Gasteiger partial charge in [-0.05, 0) is 35.2 Å². The maximum atomic E-state index is 12.6. The SMILES string of the molecule is O=C(Cc1ccc2cc[nH]c2c1)N1CCN(c2ccccc2)CC1. The van der Waals surface area contributed by atoms with E-state index in [4.69, 9.17) is 0 Å². The van der Waals surface area contributed by atoms with Gasteiger partial charge in [0.05, 0.1) is 6.42 Å². The van der Waals surface area contributed by atoms with E-state index in [1.165, 1.54) is 11.1 Å². The Morgan fingerprint density at radius 2 is 1.75 bits per heavy atom. The summed E-state index contributed by atoms with van der Waals surface area (Å²) >= 11 is 0. The third-order valence-electron chi connectivity index (χ3n) is 4.73. The van der Waals surface area contributed by atoms with Crippen LogP contribution in [-0.4, -0.2) is 42.0 Å². The fourth-order valence-corrected chi connectivity index (χ4v) is 3.34. The zero-order chi connectivity index (χ0) is 16.4. The molecular weight excluding hydrogens is 298 g/mol. The topological polar surface area (TPSA) is 39.3 Å². The number of amides is 1. The molecule has 0 atom stereocenters. The number of aromatic nitrogens is 1. The molecule has 4 heteroatoms. The summed E-state index contributed by atoms with van der Waals surface area (Å²) in [4.78, 5) is 20.1. The number of fused-ring (bicyclic) bond motifs is 1. The van der Waals surface area contributed by atoms with Gasteiger partial charge >= 0.3 is 0 Å². The molecule has 1 aliphatic rings. The van der Waals surface area contributed by atoms with E-state index < -0.39 is 0 Å². The molecule has 0 unspecified atom stereocenters. The maximum absolute atomic E-state index is 12.6. The number of H-pyrrole nitrogens is 1. The lowest BCUT2D eigenvalue weighted by atomic mass is 10.1. The second kappa shape index (κ2) is 6.40. The molecule has 0 bridgehead atoms. The highest BCUT2D eigenvalue weighted by Gasteiger charge is 2.21. The van der Waals surface area contributed by atoms with E-state index in [-0.39, 0.29) is 5.91 Å². The van der Waals surface area contributed by atoms with Crippen LogP contribution in [0.15, 0.2) is 60.8 Å². The minimum atomic E-state index is 0.216. The smallest absolute Gasteiger partial charge is 0.227 e. The largest absolute Gasteiger partial charge is 0.368 e. The van der Waals surface area contributed by atoms with Gasteiger partial charge in [0.15, 0.2) is 0 Å². The number of benzene rings is 2. The second-order valence-corrected chi connectivity index (χ2v) is 6.28. The first-order valence-corrected chi connectivity index (χ1v) is 8.43. The standard InChI is InChI=1S/C20H21N3O/c24-20(15-16-6-7-17-8-9-21-19(17)14-16)23-12-10-22(11-13-23)18-4-2-1-3-5-18/h1-9,14,21H,10-13,15H2. The van der Waals surface area contributed by atoms with Gasteiger partial charge in [-0.2, -0.15) is 0 Å². The minimum Gasteiger partial charge on any atom is -0.368 e. The zero-order valence-corrected chi connectivity index (χ0v) is 13.6. The Bertz CT molecular complexity index is 832. The van der Waals surface area contributed by atoms with Gasteiger partial charge in [0, 0.05) is 43.6 Å². The van der Waals surface area contributed by atoms with Crippen molar-refractivity contribution in [3.05, 3.63) is 66.4 Å². The number of hydrogen-bond donors (Lipinski definition) is 1. The van der Waals surface area contributed by atoms with E-state index in [1.54, 1.807) is 0 Å². The molecule has 1 saturated heterocycles. The van der Waals surface area contributed by atoms with Crippen molar-refractivity contribution in [1.82, 2.24) is 9.88 Å². The van der Waals surface area contributed by atoms with Crippen LogP contribution in [0.5, 0.6) is 0 Å². The summed E-state index contributed by atoms with van der Waals surface area (Å²) in [5.41, 5.74) is 3.40. The van der Waals surface area contributed by atoms with Crippen LogP contribution in [-0.2, 0) is 11.2 Å². The van der Waals surface area contributed by atoms with Crippen LogP contribution in [0.25, 0.3) is 10.9 Å². The molecule has 1 aliphatic heterocycles. The predicted octanol–water partition coefficient (Wildman–Crippen LogP) is 3.06. The molecule has 24 heavy (non-hydrogen) atoms. The summed E-state index contributed by atoms with van der Waals surface area (Å²) in [5.74, 6) is 0.216. The summed E-state index contributed by atoms with van der Waals surface area (Å²) in [5, 5.41) is 1.18. The molecule has 122 valence electrons. The minimum absolute atomic E-state index is 0.216. The molecule has 1 N–H and O–H groups in total.